The van der Waals surface area contributed by atoms with Crippen molar-refractivity contribution in [1.82, 2.24) is 19.6 Å². The Morgan fingerprint density at radius 1 is 0.343 bits per heavy atom. The highest BCUT2D eigenvalue weighted by atomic mass is 16.5. The number of hydrogen-bond acceptors (Lipinski definition) is 16. The van der Waals surface area contributed by atoms with Crippen molar-refractivity contribution in [3.8, 4) is 0 Å². The molecule has 0 spiro atoms. The molecule has 11 rings (SSSR count). The third-order valence-corrected chi connectivity index (χ3v) is 22.7. The van der Waals surface area contributed by atoms with Crippen LogP contribution in [0.3, 0.4) is 0 Å². The topological polar surface area (TPSA) is 159 Å². The Morgan fingerprint density at radius 3 is 0.917 bits per heavy atom. The van der Waals surface area contributed by atoms with E-state index in [1.807, 2.05) is 159 Å². The fraction of sp³-hybridized carbons (Fsp3) is 0.435. The number of nitrogens with zero attached hydrogens (tertiary/aromatic N) is 7. The molecule has 3 heterocycles. The minimum atomic E-state index is -0.658. The molecule has 3 aliphatic rings. The summed E-state index contributed by atoms with van der Waals surface area (Å²) in [5.74, 6) is 0.619. The number of aliphatic hydroxyl groups is 2. The number of carbonyl (C=O) groups is 4. The van der Waals surface area contributed by atoms with Crippen LogP contribution in [-0.4, -0.2) is 210 Å². The van der Waals surface area contributed by atoms with Gasteiger partial charge in [-0.1, -0.05) is 161 Å². The smallest absolute Gasteiger partial charge is 0.183 e. The maximum Gasteiger partial charge on any atom is 0.183 e. The van der Waals surface area contributed by atoms with Crippen LogP contribution >= 0.6 is 0 Å². The Labute approximate surface area is 645 Å². The first-order valence-corrected chi connectivity index (χ1v) is 38.8. The van der Waals surface area contributed by atoms with E-state index in [0.29, 0.717) is 42.4 Å². The van der Waals surface area contributed by atoms with E-state index >= 15 is 0 Å². The van der Waals surface area contributed by atoms with E-state index in [1.54, 1.807) is 18.2 Å². The van der Waals surface area contributed by atoms with Gasteiger partial charge >= 0.3 is 0 Å². The highest BCUT2D eigenvalue weighted by molar-refractivity contribution is 6.06. The average molecular weight is 1470 g/mol. The lowest BCUT2D eigenvalue weighted by atomic mass is 9.79. The van der Waals surface area contributed by atoms with Crippen molar-refractivity contribution in [2.75, 3.05) is 150 Å². The van der Waals surface area contributed by atoms with Gasteiger partial charge in [0.25, 0.3) is 0 Å². The van der Waals surface area contributed by atoms with E-state index in [-0.39, 0.29) is 36.3 Å². The van der Waals surface area contributed by atoms with Gasteiger partial charge in [-0.15, -0.1) is 0 Å². The van der Waals surface area contributed by atoms with Crippen LogP contribution in [0.15, 0.2) is 206 Å². The molecule has 3 saturated heterocycles. The second kappa shape index (κ2) is 41.3. The number of aryl methyl sites for hydroxylation is 2. The predicted octanol–water partition coefficient (Wildman–Crippen LogP) is 14.5. The summed E-state index contributed by atoms with van der Waals surface area (Å²) in [5.41, 5.74) is 11.4. The zero-order valence-corrected chi connectivity index (χ0v) is 66.8. The first kappa shape index (κ1) is 85.1. The second-order valence-corrected chi connectivity index (χ2v) is 29.6. The fourth-order valence-electron chi connectivity index (χ4n) is 15.3. The van der Waals surface area contributed by atoms with Gasteiger partial charge in [0.2, 0.25) is 0 Å². The average Bonchev–Trinajstić information content (AvgIpc) is 0.798. The summed E-state index contributed by atoms with van der Waals surface area (Å²) in [7, 11) is 15.9. The molecule has 8 aromatic rings. The molecule has 3 fully saturated rings. The Hall–Kier alpha value is -8.52. The Bertz CT molecular complexity index is 4030. The summed E-state index contributed by atoms with van der Waals surface area (Å²) in [4.78, 5) is 69.4. The summed E-state index contributed by atoms with van der Waals surface area (Å²) >= 11 is 0. The van der Waals surface area contributed by atoms with Gasteiger partial charge in [-0.05, 0) is 233 Å². The SMILES string of the molecule is CCC(CCc1ccccc1)(C(=O)c1ccc(N2CCOCC2)cc1)N(C)C.CCC(Cc1ccc(C)cc1)(C(=O)c1ccc(N2CCOCC2)cc1)N(C)C.CCC(Cc1ccccc1)(C(=O)c1ccc(CO)c(CO)c1)N(C)C.CCC(Cc1ccccc1)(C(=O)c1ccc(N2CCOCC2)cc1)N(C)C. The normalized spacial score (nSPS) is 16.1. The van der Waals surface area contributed by atoms with Gasteiger partial charge in [0.05, 0.1) is 75.0 Å². The molecule has 0 saturated carbocycles. The molecule has 578 valence electrons. The zero-order chi connectivity index (χ0) is 77.9. The highest BCUT2D eigenvalue weighted by Gasteiger charge is 2.43. The number of carbonyl (C=O) groups excluding carboxylic acids is 4. The van der Waals surface area contributed by atoms with E-state index in [1.165, 1.54) is 22.3 Å². The molecule has 108 heavy (non-hydrogen) atoms. The van der Waals surface area contributed by atoms with Gasteiger partial charge in [0, 0.05) is 78.6 Å². The second-order valence-electron chi connectivity index (χ2n) is 29.6. The number of ether oxygens (including phenoxy) is 3. The minimum absolute atomic E-state index is 0.0306. The molecule has 0 amide bonds. The standard InChI is InChI=1S/2C24H32N2O2.C23H30N2O2.C21H27NO3/c1-5-24(25(3)4,18-20-8-6-19(2)7-9-20)23(27)21-10-12-22(13-11-21)26-14-16-28-17-15-26;1-4-24(25(2)3,15-14-20-8-6-5-7-9-20)23(27)21-10-12-22(13-11-21)26-16-18-28-19-17-26;1-4-23(24(2)3,18-19-8-6-5-7-9-19)22(26)20-10-12-21(13-11-20)25-14-16-27-17-15-25;1-4-21(22(2)3,13-16-8-6-5-7-9-16)20(25)17-10-11-18(14-23)19(12-17)15-24/h6-13H,5,14-18H2,1-4H3;5-13H,4,14-19H2,1-3H3;5-13H,4,14-18H2,1-3H3;5-12,23-24H,4,13-15H2,1-3H3. The Morgan fingerprint density at radius 2 is 0.620 bits per heavy atom. The summed E-state index contributed by atoms with van der Waals surface area (Å²) in [5, 5.41) is 18.9. The first-order chi connectivity index (χ1) is 52.1. The largest absolute Gasteiger partial charge is 0.392 e. The quantitative estimate of drug-likeness (QED) is 0.0409. The molecule has 16 heteroatoms. The summed E-state index contributed by atoms with van der Waals surface area (Å²) in [6.07, 6.45) is 6.72. The first-order valence-electron chi connectivity index (χ1n) is 38.8. The summed E-state index contributed by atoms with van der Waals surface area (Å²) < 4.78 is 16.3. The minimum Gasteiger partial charge on any atom is -0.392 e. The van der Waals surface area contributed by atoms with Crippen LogP contribution in [0.25, 0.3) is 0 Å². The summed E-state index contributed by atoms with van der Waals surface area (Å²) in [6.45, 7) is 20.1. The van der Waals surface area contributed by atoms with Gasteiger partial charge in [-0.3, -0.25) is 38.8 Å². The Balaban J connectivity index is 0.000000182. The Kier molecular flexibility index (Phi) is 32.6. The lowest BCUT2D eigenvalue weighted by Crippen LogP contribution is -2.52. The van der Waals surface area contributed by atoms with Crippen LogP contribution in [0, 0.1) is 6.92 Å². The van der Waals surface area contributed by atoms with Gasteiger partial charge in [-0.25, -0.2) is 0 Å². The number of likely N-dealkylation sites (N-methyl/N-ethyl adjacent to an activating group) is 4. The molecular weight excluding hydrogens is 1350 g/mol. The van der Waals surface area contributed by atoms with Crippen LogP contribution in [0.2, 0.25) is 0 Å². The zero-order valence-electron chi connectivity index (χ0n) is 66.8. The van der Waals surface area contributed by atoms with Gasteiger partial charge in [0.1, 0.15) is 0 Å². The monoisotopic (exact) mass is 1470 g/mol. The van der Waals surface area contributed by atoms with Crippen molar-refractivity contribution in [1.29, 1.82) is 0 Å². The molecule has 0 radical (unpaired) electrons. The van der Waals surface area contributed by atoms with E-state index in [2.05, 4.69) is 154 Å². The number of ketones is 4. The number of Topliss-reactive ketones (excluding diaryl/α,β-unsaturated/α-hetero) is 4. The molecule has 4 unspecified atom stereocenters. The number of morpholine rings is 3. The molecule has 0 aliphatic carbocycles. The number of rotatable bonds is 30. The third-order valence-electron chi connectivity index (χ3n) is 22.7. The van der Waals surface area contributed by atoms with Crippen LogP contribution in [0.1, 0.15) is 140 Å². The lowest BCUT2D eigenvalue weighted by Gasteiger charge is -2.38. The summed E-state index contributed by atoms with van der Waals surface area (Å²) in [6, 6.07) is 68.7. The van der Waals surface area contributed by atoms with E-state index in [0.717, 1.165) is 150 Å². The van der Waals surface area contributed by atoms with Crippen LogP contribution < -0.4 is 14.7 Å². The third kappa shape index (κ3) is 21.5. The van der Waals surface area contributed by atoms with E-state index in [4.69, 9.17) is 14.2 Å². The van der Waals surface area contributed by atoms with E-state index < -0.39 is 22.2 Å². The maximum atomic E-state index is 13.6. The van der Waals surface area contributed by atoms with Gasteiger partial charge < -0.3 is 39.1 Å². The molecule has 0 bridgehead atoms. The van der Waals surface area contributed by atoms with Crippen LogP contribution in [0.5, 0.6) is 0 Å². The van der Waals surface area contributed by atoms with Crippen molar-refractivity contribution in [2.45, 2.75) is 128 Å². The van der Waals surface area contributed by atoms with Gasteiger partial charge in [-0.2, -0.15) is 0 Å². The molecule has 0 aromatic heterocycles. The molecule has 2 N–H and O–H groups in total. The van der Waals surface area contributed by atoms with Gasteiger partial charge in [0.15, 0.2) is 23.1 Å². The number of anilines is 3. The number of hydrogen-bond donors (Lipinski definition) is 2. The number of aliphatic hydroxyl groups excluding tert-OH is 2. The van der Waals surface area contributed by atoms with Crippen LogP contribution in [-0.2, 0) is 53.1 Å². The molecular formula is C92H121N7O9. The van der Waals surface area contributed by atoms with Crippen molar-refractivity contribution in [3.05, 3.63) is 267 Å². The molecule has 3 aliphatic heterocycles. The fourth-order valence-corrected chi connectivity index (χ4v) is 15.3. The molecule has 16 nitrogen and oxygen atoms in total. The van der Waals surface area contributed by atoms with Crippen molar-refractivity contribution >= 4 is 40.2 Å². The van der Waals surface area contributed by atoms with E-state index in [9.17, 15) is 29.4 Å². The highest BCUT2D eigenvalue weighted by Crippen LogP contribution is 2.35. The maximum absolute atomic E-state index is 13.6. The van der Waals surface area contributed by atoms with Crippen LogP contribution in [0.4, 0.5) is 17.1 Å². The van der Waals surface area contributed by atoms with Crippen molar-refractivity contribution in [3.63, 3.8) is 0 Å². The molecule has 4 atom stereocenters. The van der Waals surface area contributed by atoms with Crippen molar-refractivity contribution in [2.24, 2.45) is 0 Å². The number of benzene rings is 8. The molecule has 8 aromatic carbocycles. The van der Waals surface area contributed by atoms with Crippen molar-refractivity contribution < 1.29 is 43.6 Å². The predicted molar refractivity (Wildman–Crippen MR) is 441 cm³/mol. The lowest BCUT2D eigenvalue weighted by molar-refractivity contribution is 0.0641.